The lowest BCUT2D eigenvalue weighted by atomic mass is 10.3. The average Bonchev–Trinajstić information content (AvgIpc) is 2.84. The van der Waals surface area contributed by atoms with Crippen molar-refractivity contribution in [1.29, 1.82) is 0 Å². The summed E-state index contributed by atoms with van der Waals surface area (Å²) in [4.78, 5) is 19.2. The van der Waals surface area contributed by atoms with Gasteiger partial charge in [0.05, 0.1) is 12.2 Å². The maximum Gasteiger partial charge on any atom is 0.289 e. The van der Waals surface area contributed by atoms with E-state index in [-0.39, 0.29) is 18.2 Å². The minimum absolute atomic E-state index is 0.217. The molecule has 78 valence electrons. The van der Waals surface area contributed by atoms with Crippen LogP contribution >= 0.6 is 0 Å². The molecule has 2 N–H and O–H groups in total. The first kappa shape index (κ1) is 9.38. The molecule has 2 heterocycles. The summed E-state index contributed by atoms with van der Waals surface area (Å²) in [6.07, 6.45) is 2.61. The Kier molecular flexibility index (Phi) is 2.44. The molecule has 0 atom stereocenters. The summed E-state index contributed by atoms with van der Waals surface area (Å²) in [6.45, 7) is 1.98. The second kappa shape index (κ2) is 3.91. The second-order valence-corrected chi connectivity index (χ2v) is 2.88. The van der Waals surface area contributed by atoms with Crippen molar-refractivity contribution in [2.75, 3.05) is 0 Å². The van der Waals surface area contributed by atoms with Gasteiger partial charge in [0, 0.05) is 0 Å². The Hall–Kier alpha value is -2.18. The molecule has 0 unspecified atom stereocenters. The summed E-state index contributed by atoms with van der Waals surface area (Å²) in [7, 11) is 0. The Labute approximate surface area is 84.9 Å². The van der Waals surface area contributed by atoms with Crippen LogP contribution in [0.4, 0.5) is 0 Å². The number of hydrogen-bond donors (Lipinski definition) is 2. The van der Waals surface area contributed by atoms with Crippen LogP contribution in [0.25, 0.3) is 0 Å². The molecule has 0 aliphatic carbocycles. The normalized spacial score (nSPS) is 10.2. The van der Waals surface area contributed by atoms with Crippen LogP contribution in [0, 0.1) is 6.92 Å². The number of nitrogens with zero attached hydrogens (tertiary/aromatic N) is 3. The average molecular weight is 207 g/mol. The van der Waals surface area contributed by atoms with Crippen LogP contribution < -0.4 is 5.32 Å². The van der Waals surface area contributed by atoms with E-state index in [1.54, 1.807) is 6.92 Å². The van der Waals surface area contributed by atoms with Crippen LogP contribution in [0.1, 0.15) is 22.1 Å². The molecule has 2 rings (SSSR count). The number of H-pyrrole nitrogens is 1. The zero-order valence-corrected chi connectivity index (χ0v) is 8.02. The molecule has 2 aromatic heterocycles. The third kappa shape index (κ3) is 2.01. The number of oxazole rings is 1. The molecule has 0 aliphatic heterocycles. The topological polar surface area (TPSA) is 96.7 Å². The van der Waals surface area contributed by atoms with Gasteiger partial charge < -0.3 is 9.73 Å². The summed E-state index contributed by atoms with van der Waals surface area (Å²) >= 11 is 0. The Balaban J connectivity index is 1.96. The predicted molar refractivity (Wildman–Crippen MR) is 48.8 cm³/mol. The lowest BCUT2D eigenvalue weighted by Gasteiger charge is -1.99. The number of nitrogens with one attached hydrogen (secondary N) is 2. The lowest BCUT2D eigenvalue weighted by molar-refractivity contribution is 0.0921. The van der Waals surface area contributed by atoms with Crippen LogP contribution in [0.3, 0.4) is 0 Å². The van der Waals surface area contributed by atoms with E-state index in [0.29, 0.717) is 11.5 Å². The van der Waals surface area contributed by atoms with Crippen molar-refractivity contribution in [2.24, 2.45) is 0 Å². The first-order valence-electron chi connectivity index (χ1n) is 4.30. The molecule has 7 nitrogen and oxygen atoms in total. The molecule has 0 radical (unpaired) electrons. The van der Waals surface area contributed by atoms with Crippen LogP contribution in [0.2, 0.25) is 0 Å². The minimum Gasteiger partial charge on any atom is -0.438 e. The molecule has 0 fully saturated rings. The van der Waals surface area contributed by atoms with E-state index in [9.17, 15) is 4.79 Å². The molecule has 0 bridgehead atoms. The SMILES string of the molecule is Cc1ncoc1C(=O)NCc1ncn[nH]1. The first-order chi connectivity index (χ1) is 7.27. The number of aromatic amines is 1. The Morgan fingerprint density at radius 2 is 2.47 bits per heavy atom. The van der Waals surface area contributed by atoms with Gasteiger partial charge in [-0.25, -0.2) is 9.97 Å². The van der Waals surface area contributed by atoms with Crippen LogP contribution in [0.15, 0.2) is 17.1 Å². The fourth-order valence-corrected chi connectivity index (χ4v) is 1.08. The van der Waals surface area contributed by atoms with E-state index in [4.69, 9.17) is 4.42 Å². The number of carbonyl (C=O) groups is 1. The van der Waals surface area contributed by atoms with Gasteiger partial charge in [-0.1, -0.05) is 0 Å². The summed E-state index contributed by atoms with van der Waals surface area (Å²) in [5.74, 6) is 0.483. The number of rotatable bonds is 3. The summed E-state index contributed by atoms with van der Waals surface area (Å²) in [5.41, 5.74) is 0.560. The summed E-state index contributed by atoms with van der Waals surface area (Å²) < 4.78 is 4.93. The minimum atomic E-state index is -0.318. The molecule has 1 amide bonds. The molecule has 0 spiro atoms. The number of hydrogen-bond acceptors (Lipinski definition) is 5. The molecule has 0 saturated heterocycles. The highest BCUT2D eigenvalue weighted by molar-refractivity contribution is 5.92. The fraction of sp³-hybridized carbons (Fsp3) is 0.250. The molecular weight excluding hydrogens is 198 g/mol. The molecule has 2 aromatic rings. The largest absolute Gasteiger partial charge is 0.438 e. The maximum atomic E-state index is 11.5. The van der Waals surface area contributed by atoms with E-state index in [1.165, 1.54) is 12.7 Å². The molecule has 0 aliphatic rings. The van der Waals surface area contributed by atoms with Gasteiger partial charge in [0.1, 0.15) is 12.2 Å². The number of amides is 1. The quantitative estimate of drug-likeness (QED) is 0.740. The third-order valence-electron chi connectivity index (χ3n) is 1.83. The van der Waals surface area contributed by atoms with Gasteiger partial charge in [0.2, 0.25) is 5.76 Å². The van der Waals surface area contributed by atoms with E-state index in [0.717, 1.165) is 0 Å². The van der Waals surface area contributed by atoms with Gasteiger partial charge in [-0.15, -0.1) is 0 Å². The monoisotopic (exact) mass is 207 g/mol. The van der Waals surface area contributed by atoms with Crippen molar-refractivity contribution in [2.45, 2.75) is 13.5 Å². The second-order valence-electron chi connectivity index (χ2n) is 2.88. The van der Waals surface area contributed by atoms with Gasteiger partial charge >= 0.3 is 0 Å². The van der Waals surface area contributed by atoms with Crippen molar-refractivity contribution in [3.8, 4) is 0 Å². The van der Waals surface area contributed by atoms with Crippen molar-refractivity contribution < 1.29 is 9.21 Å². The fourth-order valence-electron chi connectivity index (χ4n) is 1.08. The van der Waals surface area contributed by atoms with Gasteiger partial charge in [-0.2, -0.15) is 5.10 Å². The molecule has 0 saturated carbocycles. The smallest absolute Gasteiger partial charge is 0.289 e. The third-order valence-corrected chi connectivity index (χ3v) is 1.83. The van der Waals surface area contributed by atoms with E-state index in [2.05, 4.69) is 25.5 Å². The highest BCUT2D eigenvalue weighted by atomic mass is 16.3. The van der Waals surface area contributed by atoms with E-state index < -0.39 is 0 Å². The Morgan fingerprint density at radius 1 is 1.60 bits per heavy atom. The number of carbonyl (C=O) groups excluding carboxylic acids is 1. The van der Waals surface area contributed by atoms with Gasteiger partial charge in [-0.3, -0.25) is 9.89 Å². The molecule has 0 aromatic carbocycles. The number of aromatic nitrogens is 4. The van der Waals surface area contributed by atoms with Crippen LogP contribution in [-0.2, 0) is 6.54 Å². The zero-order chi connectivity index (χ0) is 10.7. The molecular formula is C8H9N5O2. The zero-order valence-electron chi connectivity index (χ0n) is 8.02. The Morgan fingerprint density at radius 3 is 3.07 bits per heavy atom. The highest BCUT2D eigenvalue weighted by Gasteiger charge is 2.13. The molecule has 15 heavy (non-hydrogen) atoms. The number of aryl methyl sites for hydroxylation is 1. The molecule has 7 heteroatoms. The van der Waals surface area contributed by atoms with Gasteiger partial charge in [-0.05, 0) is 6.92 Å². The van der Waals surface area contributed by atoms with Crippen LogP contribution in [-0.4, -0.2) is 26.1 Å². The van der Waals surface area contributed by atoms with Crippen molar-refractivity contribution >= 4 is 5.91 Å². The summed E-state index contributed by atoms with van der Waals surface area (Å²) in [6, 6.07) is 0. The van der Waals surface area contributed by atoms with E-state index in [1.807, 2.05) is 0 Å². The van der Waals surface area contributed by atoms with E-state index >= 15 is 0 Å². The van der Waals surface area contributed by atoms with Crippen molar-refractivity contribution in [3.05, 3.63) is 30.0 Å². The van der Waals surface area contributed by atoms with Crippen molar-refractivity contribution in [1.82, 2.24) is 25.5 Å². The first-order valence-corrected chi connectivity index (χ1v) is 4.30. The maximum absolute atomic E-state index is 11.5. The van der Waals surface area contributed by atoms with Gasteiger partial charge in [0.15, 0.2) is 6.39 Å². The standard InChI is InChI=1S/C8H9N5O2/c1-5-7(15-4-11-5)8(14)9-2-6-10-3-12-13-6/h3-4H,2H2,1H3,(H,9,14)(H,10,12,13). The van der Waals surface area contributed by atoms with Gasteiger partial charge in [0.25, 0.3) is 5.91 Å². The highest BCUT2D eigenvalue weighted by Crippen LogP contribution is 2.04. The Bertz CT molecular complexity index is 447. The van der Waals surface area contributed by atoms with Crippen molar-refractivity contribution in [3.63, 3.8) is 0 Å². The van der Waals surface area contributed by atoms with Crippen LogP contribution in [0.5, 0.6) is 0 Å². The predicted octanol–water partition coefficient (Wildman–Crippen LogP) is 0.0311. The lowest BCUT2D eigenvalue weighted by Crippen LogP contribution is -2.23. The summed E-state index contributed by atoms with van der Waals surface area (Å²) in [5, 5.41) is 8.91.